The molecule has 2 amide bonds. The molecule has 5 rings (SSSR count). The van der Waals surface area contributed by atoms with Crippen LogP contribution in [0, 0.1) is 5.92 Å². The molecule has 0 unspecified atom stereocenters. The van der Waals surface area contributed by atoms with Crippen LogP contribution in [0.2, 0.25) is 0 Å². The molecule has 1 aromatic heterocycles. The van der Waals surface area contributed by atoms with Gasteiger partial charge < -0.3 is 19.5 Å². The van der Waals surface area contributed by atoms with Gasteiger partial charge >= 0.3 is 0 Å². The van der Waals surface area contributed by atoms with E-state index < -0.39 is 0 Å². The molecule has 1 aliphatic heterocycles. The van der Waals surface area contributed by atoms with Gasteiger partial charge in [-0.3, -0.25) is 9.59 Å². The van der Waals surface area contributed by atoms with E-state index in [1.807, 2.05) is 27.7 Å². The van der Waals surface area contributed by atoms with Crippen molar-refractivity contribution in [1.82, 2.24) is 14.5 Å². The molecule has 1 saturated carbocycles. The zero-order valence-electron chi connectivity index (χ0n) is 21.1. The first kappa shape index (κ1) is 24.5. The topological polar surface area (TPSA) is 76.5 Å². The van der Waals surface area contributed by atoms with E-state index in [4.69, 9.17) is 4.74 Å². The zero-order valence-corrected chi connectivity index (χ0v) is 21.1. The highest BCUT2D eigenvalue weighted by Crippen LogP contribution is 2.31. The van der Waals surface area contributed by atoms with E-state index in [-0.39, 0.29) is 17.7 Å². The molecule has 3 aromatic rings. The molecule has 0 bridgehead atoms. The van der Waals surface area contributed by atoms with Crippen LogP contribution in [-0.2, 0) is 16.1 Å². The van der Waals surface area contributed by atoms with Gasteiger partial charge in [-0.1, -0.05) is 49.6 Å². The number of carbonyl (C=O) groups excluding carboxylic acids is 2. The summed E-state index contributed by atoms with van der Waals surface area (Å²) in [4.78, 5) is 33.3. The van der Waals surface area contributed by atoms with Gasteiger partial charge in [0, 0.05) is 38.3 Å². The normalized spacial score (nSPS) is 17.4. The zero-order chi connectivity index (χ0) is 24.9. The van der Waals surface area contributed by atoms with Crippen LogP contribution >= 0.6 is 0 Å². The lowest BCUT2D eigenvalue weighted by molar-refractivity contribution is -0.120. The molecule has 0 spiro atoms. The number of carbonyl (C=O) groups is 2. The van der Waals surface area contributed by atoms with Crippen molar-refractivity contribution < 1.29 is 14.3 Å². The Kier molecular flexibility index (Phi) is 7.66. The molecule has 1 aliphatic carbocycles. The number of piperidine rings is 1. The maximum absolute atomic E-state index is 13.9. The number of fused-ring (bicyclic) bond motifs is 1. The number of hydrogen-bond acceptors (Lipinski definition) is 4. The number of nitrogens with zero attached hydrogens (tertiary/aromatic N) is 3. The third kappa shape index (κ3) is 5.31. The molecular formula is C29H36N4O3. The van der Waals surface area contributed by atoms with Crippen molar-refractivity contribution in [2.24, 2.45) is 5.92 Å². The average molecular weight is 489 g/mol. The Labute approximate surface area is 212 Å². The number of hydrogen-bond donors (Lipinski definition) is 1. The number of nitrogens with one attached hydrogen (secondary N) is 1. The summed E-state index contributed by atoms with van der Waals surface area (Å²) >= 11 is 0. The summed E-state index contributed by atoms with van der Waals surface area (Å²) in [5.74, 6) is 0.572. The Bertz CT molecular complexity index is 1190. The average Bonchev–Trinajstić information content (AvgIpc) is 3.35. The summed E-state index contributed by atoms with van der Waals surface area (Å²) in [7, 11) is 1.67. The van der Waals surface area contributed by atoms with Crippen molar-refractivity contribution in [3.63, 3.8) is 0 Å². The molecule has 0 radical (unpaired) electrons. The summed E-state index contributed by atoms with van der Waals surface area (Å²) in [6.45, 7) is 2.56. The predicted octanol–water partition coefficient (Wildman–Crippen LogP) is 5.22. The SMILES string of the molecule is COCCn1cnc2cc(NC(=O)C3CCCCC3)cc(C(=O)N3CCC(c4ccccc4)CC3)c21. The van der Waals surface area contributed by atoms with Crippen molar-refractivity contribution in [3.8, 4) is 0 Å². The highest BCUT2D eigenvalue weighted by atomic mass is 16.5. The molecule has 2 fully saturated rings. The monoisotopic (exact) mass is 488 g/mol. The first-order valence-corrected chi connectivity index (χ1v) is 13.3. The molecule has 2 aromatic carbocycles. The smallest absolute Gasteiger partial charge is 0.256 e. The van der Waals surface area contributed by atoms with E-state index in [2.05, 4.69) is 34.6 Å². The fourth-order valence-electron chi connectivity index (χ4n) is 5.72. The van der Waals surface area contributed by atoms with Gasteiger partial charge in [-0.25, -0.2) is 4.98 Å². The maximum Gasteiger partial charge on any atom is 0.256 e. The van der Waals surface area contributed by atoms with Crippen LogP contribution < -0.4 is 5.32 Å². The Hall–Kier alpha value is -3.19. The number of rotatable bonds is 7. The van der Waals surface area contributed by atoms with Gasteiger partial charge in [0.25, 0.3) is 5.91 Å². The second-order valence-electron chi connectivity index (χ2n) is 10.1. The number of anilines is 1. The van der Waals surface area contributed by atoms with Gasteiger partial charge in [0.05, 0.1) is 29.5 Å². The van der Waals surface area contributed by atoms with E-state index in [0.29, 0.717) is 43.4 Å². The van der Waals surface area contributed by atoms with Crippen LogP contribution in [0.1, 0.15) is 66.8 Å². The number of amides is 2. The second-order valence-corrected chi connectivity index (χ2v) is 10.1. The summed E-state index contributed by atoms with van der Waals surface area (Å²) < 4.78 is 7.26. The lowest BCUT2D eigenvalue weighted by atomic mass is 9.88. The predicted molar refractivity (Wildman–Crippen MR) is 141 cm³/mol. The fourth-order valence-corrected chi connectivity index (χ4v) is 5.72. The van der Waals surface area contributed by atoms with Crippen molar-refractivity contribution in [3.05, 3.63) is 59.9 Å². The van der Waals surface area contributed by atoms with Gasteiger partial charge in [0.2, 0.25) is 5.91 Å². The van der Waals surface area contributed by atoms with E-state index in [9.17, 15) is 9.59 Å². The molecule has 190 valence electrons. The quantitative estimate of drug-likeness (QED) is 0.495. The number of ether oxygens (including phenoxy) is 1. The number of imidazole rings is 1. The fraction of sp³-hybridized carbons (Fsp3) is 0.483. The third-order valence-corrected chi connectivity index (χ3v) is 7.78. The van der Waals surface area contributed by atoms with Gasteiger partial charge in [-0.05, 0) is 49.3 Å². The first-order chi connectivity index (χ1) is 17.6. The largest absolute Gasteiger partial charge is 0.383 e. The van der Waals surface area contributed by atoms with E-state index >= 15 is 0 Å². The van der Waals surface area contributed by atoms with Crippen LogP contribution in [0.4, 0.5) is 5.69 Å². The number of benzene rings is 2. The Balaban J connectivity index is 1.39. The molecule has 1 N–H and O–H groups in total. The van der Waals surface area contributed by atoms with Crippen molar-refractivity contribution >= 4 is 28.5 Å². The Morgan fingerprint density at radius 3 is 2.50 bits per heavy atom. The van der Waals surface area contributed by atoms with E-state index in [1.54, 1.807) is 13.4 Å². The molecule has 0 atom stereocenters. The number of methoxy groups -OCH3 is 1. The highest BCUT2D eigenvalue weighted by Gasteiger charge is 2.28. The summed E-state index contributed by atoms with van der Waals surface area (Å²) in [6, 6.07) is 14.3. The van der Waals surface area contributed by atoms with Gasteiger partial charge in [-0.2, -0.15) is 0 Å². The van der Waals surface area contributed by atoms with Crippen molar-refractivity contribution in [2.75, 3.05) is 32.1 Å². The Morgan fingerprint density at radius 2 is 1.78 bits per heavy atom. The van der Waals surface area contributed by atoms with Crippen molar-refractivity contribution in [1.29, 1.82) is 0 Å². The van der Waals surface area contributed by atoms with Crippen LogP contribution in [0.3, 0.4) is 0 Å². The first-order valence-electron chi connectivity index (χ1n) is 13.3. The van der Waals surface area contributed by atoms with Crippen molar-refractivity contribution in [2.45, 2.75) is 57.4 Å². The molecule has 36 heavy (non-hydrogen) atoms. The highest BCUT2D eigenvalue weighted by molar-refractivity contribution is 6.07. The minimum absolute atomic E-state index is 0.000515. The lowest BCUT2D eigenvalue weighted by Gasteiger charge is -2.32. The Morgan fingerprint density at radius 1 is 1.03 bits per heavy atom. The van der Waals surface area contributed by atoms with Gasteiger partial charge in [-0.15, -0.1) is 0 Å². The molecule has 2 aliphatic rings. The van der Waals surface area contributed by atoms with E-state index in [0.717, 1.165) is 49.6 Å². The lowest BCUT2D eigenvalue weighted by Crippen LogP contribution is -2.38. The standard InChI is InChI=1S/C29H36N4O3/c1-36-17-16-33-20-30-26-19-24(31-28(34)23-10-6-3-7-11-23)18-25(27(26)33)29(35)32-14-12-22(13-15-32)21-8-4-2-5-9-21/h2,4-5,8-9,18-20,22-23H,3,6-7,10-17H2,1H3,(H,31,34). The summed E-state index contributed by atoms with van der Waals surface area (Å²) in [5, 5.41) is 3.10. The molecule has 2 heterocycles. The maximum atomic E-state index is 13.9. The molecule has 7 nitrogen and oxygen atoms in total. The second kappa shape index (κ2) is 11.2. The third-order valence-electron chi connectivity index (χ3n) is 7.78. The van der Waals surface area contributed by atoms with Crippen LogP contribution in [0.15, 0.2) is 48.8 Å². The molecule has 1 saturated heterocycles. The minimum atomic E-state index is -0.000515. The molecule has 7 heteroatoms. The number of aromatic nitrogens is 2. The van der Waals surface area contributed by atoms with Gasteiger partial charge in [0.15, 0.2) is 0 Å². The number of likely N-dealkylation sites (tertiary alicyclic amines) is 1. The van der Waals surface area contributed by atoms with E-state index in [1.165, 1.54) is 12.0 Å². The summed E-state index contributed by atoms with van der Waals surface area (Å²) in [5.41, 5.74) is 4.11. The molecular weight excluding hydrogens is 452 g/mol. The van der Waals surface area contributed by atoms with Crippen LogP contribution in [0.25, 0.3) is 11.0 Å². The summed E-state index contributed by atoms with van der Waals surface area (Å²) in [6.07, 6.45) is 8.92. The van der Waals surface area contributed by atoms with Crippen LogP contribution in [0.5, 0.6) is 0 Å². The minimum Gasteiger partial charge on any atom is -0.383 e. The van der Waals surface area contributed by atoms with Gasteiger partial charge in [0.1, 0.15) is 0 Å². The van der Waals surface area contributed by atoms with Crippen LogP contribution in [-0.4, -0.2) is 53.1 Å².